The van der Waals surface area contributed by atoms with Crippen molar-refractivity contribution in [2.45, 2.75) is 44.8 Å². The first-order valence-corrected chi connectivity index (χ1v) is 8.51. The van der Waals surface area contributed by atoms with Gasteiger partial charge in [-0.1, -0.05) is 5.16 Å². The van der Waals surface area contributed by atoms with Crippen molar-refractivity contribution in [3.63, 3.8) is 0 Å². The molecule has 0 N–H and O–H groups in total. The molecule has 2 aromatic rings. The molecule has 0 bridgehead atoms. The van der Waals surface area contributed by atoms with Crippen molar-refractivity contribution >= 4 is 0 Å². The molecule has 1 saturated heterocycles. The lowest BCUT2D eigenvalue weighted by molar-refractivity contribution is 0.0699. The number of rotatable bonds is 5. The second kappa shape index (κ2) is 6.05. The third-order valence-electron chi connectivity index (χ3n) is 4.91. The molecule has 23 heavy (non-hydrogen) atoms. The molecule has 7 heteroatoms. The minimum Gasteiger partial charge on any atom is -0.338 e. The summed E-state index contributed by atoms with van der Waals surface area (Å²) in [6, 6.07) is 2.29. The summed E-state index contributed by atoms with van der Waals surface area (Å²) >= 11 is 0. The number of likely N-dealkylation sites (N-methyl/N-ethyl adjacent to an activating group) is 1. The number of aryl methyl sites for hydroxylation is 1. The summed E-state index contributed by atoms with van der Waals surface area (Å²) in [7, 11) is 2.14. The van der Waals surface area contributed by atoms with E-state index in [0.717, 1.165) is 44.4 Å². The summed E-state index contributed by atoms with van der Waals surface area (Å²) in [5.41, 5.74) is 1.26. The fraction of sp³-hybridized carbons (Fsp3) is 0.688. The Labute approximate surface area is 136 Å². The van der Waals surface area contributed by atoms with Crippen molar-refractivity contribution < 1.29 is 4.52 Å². The zero-order chi connectivity index (χ0) is 15.8. The van der Waals surface area contributed by atoms with E-state index in [1.54, 1.807) is 0 Å². The van der Waals surface area contributed by atoms with Gasteiger partial charge < -0.3 is 4.52 Å². The average Bonchev–Trinajstić information content (AvgIpc) is 3.12. The second-order valence-electron chi connectivity index (χ2n) is 6.63. The summed E-state index contributed by atoms with van der Waals surface area (Å²) in [6.07, 6.45) is 4.28. The van der Waals surface area contributed by atoms with Gasteiger partial charge in [-0.05, 0) is 32.9 Å². The van der Waals surface area contributed by atoms with Gasteiger partial charge in [0, 0.05) is 44.8 Å². The zero-order valence-electron chi connectivity index (χ0n) is 13.9. The Balaban J connectivity index is 1.46. The largest absolute Gasteiger partial charge is 0.338 e. The maximum Gasteiger partial charge on any atom is 0.245 e. The van der Waals surface area contributed by atoms with Gasteiger partial charge in [0.1, 0.15) is 6.04 Å². The van der Waals surface area contributed by atoms with E-state index in [1.807, 2.05) is 6.20 Å². The van der Waals surface area contributed by atoms with Crippen LogP contribution in [0.3, 0.4) is 0 Å². The van der Waals surface area contributed by atoms with Gasteiger partial charge in [-0.2, -0.15) is 10.1 Å². The molecule has 7 nitrogen and oxygen atoms in total. The summed E-state index contributed by atoms with van der Waals surface area (Å²) in [6.45, 7) is 6.92. The van der Waals surface area contributed by atoms with Crippen LogP contribution in [0.2, 0.25) is 0 Å². The highest BCUT2D eigenvalue weighted by atomic mass is 16.5. The quantitative estimate of drug-likeness (QED) is 0.836. The van der Waals surface area contributed by atoms with E-state index < -0.39 is 0 Å². The third-order valence-corrected chi connectivity index (χ3v) is 4.91. The van der Waals surface area contributed by atoms with E-state index in [-0.39, 0.29) is 6.04 Å². The van der Waals surface area contributed by atoms with Crippen molar-refractivity contribution in [1.29, 1.82) is 0 Å². The van der Waals surface area contributed by atoms with Crippen LogP contribution in [0.1, 0.15) is 49.1 Å². The van der Waals surface area contributed by atoms with Gasteiger partial charge >= 0.3 is 0 Å². The summed E-state index contributed by atoms with van der Waals surface area (Å²) in [5.74, 6) is 2.20. The highest BCUT2D eigenvalue weighted by molar-refractivity contribution is 5.06. The van der Waals surface area contributed by atoms with E-state index in [1.165, 1.54) is 18.5 Å². The molecule has 0 amide bonds. The molecule has 1 aliphatic carbocycles. The van der Waals surface area contributed by atoms with Gasteiger partial charge in [0.15, 0.2) is 5.82 Å². The second-order valence-corrected chi connectivity index (χ2v) is 6.63. The molecule has 124 valence electrons. The number of hydrogen-bond acceptors (Lipinski definition) is 6. The summed E-state index contributed by atoms with van der Waals surface area (Å²) < 4.78 is 7.62. The van der Waals surface area contributed by atoms with Crippen molar-refractivity contribution in [1.82, 2.24) is 29.7 Å². The van der Waals surface area contributed by atoms with Crippen LogP contribution in [0.4, 0.5) is 0 Å². The lowest BCUT2D eigenvalue weighted by Gasteiger charge is -2.37. The summed E-state index contributed by atoms with van der Waals surface area (Å²) in [5, 5.41) is 8.53. The van der Waals surface area contributed by atoms with Crippen LogP contribution in [0.25, 0.3) is 0 Å². The molecular weight excluding hydrogens is 292 g/mol. The third kappa shape index (κ3) is 3.03. The van der Waals surface area contributed by atoms with Gasteiger partial charge in [0.05, 0.1) is 5.69 Å². The molecule has 0 aromatic carbocycles. The predicted molar refractivity (Wildman–Crippen MR) is 84.8 cm³/mol. The molecule has 4 rings (SSSR count). The minimum absolute atomic E-state index is 0.182. The van der Waals surface area contributed by atoms with Gasteiger partial charge in [0.2, 0.25) is 5.89 Å². The van der Waals surface area contributed by atoms with E-state index >= 15 is 0 Å². The molecule has 1 atom stereocenters. The van der Waals surface area contributed by atoms with Crippen LogP contribution in [-0.2, 0) is 13.1 Å². The van der Waals surface area contributed by atoms with Crippen LogP contribution in [-0.4, -0.2) is 56.4 Å². The first kappa shape index (κ1) is 14.8. The maximum atomic E-state index is 5.56. The van der Waals surface area contributed by atoms with Crippen LogP contribution in [0.5, 0.6) is 0 Å². The Hall–Kier alpha value is -1.73. The molecule has 2 aromatic heterocycles. The predicted octanol–water partition coefficient (Wildman–Crippen LogP) is 1.65. The highest BCUT2D eigenvalue weighted by Gasteiger charge is 2.33. The van der Waals surface area contributed by atoms with Crippen LogP contribution >= 0.6 is 0 Å². The monoisotopic (exact) mass is 316 g/mol. The van der Waals surface area contributed by atoms with Crippen molar-refractivity contribution in [3.8, 4) is 0 Å². The van der Waals surface area contributed by atoms with Crippen molar-refractivity contribution in [2.75, 3.05) is 26.7 Å². The molecule has 2 fully saturated rings. The van der Waals surface area contributed by atoms with Crippen molar-refractivity contribution in [2.24, 2.45) is 0 Å². The molecule has 1 saturated carbocycles. The van der Waals surface area contributed by atoms with E-state index in [9.17, 15) is 0 Å². The zero-order valence-corrected chi connectivity index (χ0v) is 13.9. The Bertz CT molecular complexity index is 661. The number of nitrogens with zero attached hydrogens (tertiary/aromatic N) is 6. The fourth-order valence-corrected chi connectivity index (χ4v) is 3.24. The lowest BCUT2D eigenvalue weighted by Crippen LogP contribution is -2.46. The first-order chi connectivity index (χ1) is 11.2. The first-order valence-electron chi connectivity index (χ1n) is 8.51. The van der Waals surface area contributed by atoms with Crippen LogP contribution in [0, 0.1) is 0 Å². The molecule has 2 aliphatic rings. The van der Waals surface area contributed by atoms with E-state index in [2.05, 4.69) is 49.8 Å². The number of piperazine rings is 1. The fourth-order valence-electron chi connectivity index (χ4n) is 3.24. The molecule has 0 spiro atoms. The van der Waals surface area contributed by atoms with Gasteiger partial charge in [0.25, 0.3) is 0 Å². The van der Waals surface area contributed by atoms with Crippen molar-refractivity contribution in [3.05, 3.63) is 29.7 Å². The molecule has 1 aliphatic heterocycles. The Morgan fingerprint density at radius 1 is 1.30 bits per heavy atom. The average molecular weight is 316 g/mol. The Kier molecular flexibility index (Phi) is 3.90. The topological polar surface area (TPSA) is 63.2 Å². The SMILES string of the molecule is CCn1nccc1CN1CCN(C)[C@H](c2nc(C3CC3)no2)C1. The highest BCUT2D eigenvalue weighted by Crippen LogP contribution is 2.38. The number of aromatic nitrogens is 4. The molecule has 0 radical (unpaired) electrons. The van der Waals surface area contributed by atoms with E-state index in [4.69, 9.17) is 4.52 Å². The molecule has 0 unspecified atom stereocenters. The van der Waals surface area contributed by atoms with Crippen LogP contribution in [0.15, 0.2) is 16.8 Å². The Morgan fingerprint density at radius 3 is 2.96 bits per heavy atom. The van der Waals surface area contributed by atoms with Gasteiger partial charge in [-0.3, -0.25) is 14.5 Å². The normalized spacial score (nSPS) is 23.5. The number of hydrogen-bond donors (Lipinski definition) is 0. The smallest absolute Gasteiger partial charge is 0.245 e. The van der Waals surface area contributed by atoms with Gasteiger partial charge in [-0.15, -0.1) is 0 Å². The molecule has 3 heterocycles. The van der Waals surface area contributed by atoms with E-state index in [0.29, 0.717) is 5.92 Å². The minimum atomic E-state index is 0.182. The molecular formula is C16H24N6O. The maximum absolute atomic E-state index is 5.56. The standard InChI is InChI=1S/C16H24N6O/c1-3-22-13(6-7-17-22)10-21-9-8-20(2)14(11-21)16-18-15(19-23-16)12-4-5-12/h6-7,12,14H,3-5,8-11H2,1-2H3/t14-/m0/s1. The Morgan fingerprint density at radius 2 is 2.17 bits per heavy atom. The lowest BCUT2D eigenvalue weighted by atomic mass is 10.1. The van der Waals surface area contributed by atoms with Gasteiger partial charge in [-0.25, -0.2) is 0 Å². The summed E-state index contributed by atoms with van der Waals surface area (Å²) in [4.78, 5) is 9.42. The van der Waals surface area contributed by atoms with Crippen LogP contribution < -0.4 is 0 Å².